The molecule has 0 spiro atoms. The van der Waals surface area contributed by atoms with E-state index in [1.165, 1.54) is 7.11 Å². The van der Waals surface area contributed by atoms with E-state index in [1.807, 2.05) is 12.1 Å². The number of aromatic amines is 1. The second kappa shape index (κ2) is 3.62. The fourth-order valence-corrected chi connectivity index (χ4v) is 1.15. The first-order chi connectivity index (χ1) is 6.06. The second-order valence-electron chi connectivity index (χ2n) is 3.25. The van der Waals surface area contributed by atoms with E-state index in [4.69, 9.17) is 5.73 Å². The Balaban J connectivity index is 2.72. The number of aromatic nitrogens is 1. The first-order valence-corrected chi connectivity index (χ1v) is 4.06. The SMILES string of the molecule is COC(=O)C[C@](C)(N)c1ccc[nH]1. The average Bonchev–Trinajstić information content (AvgIpc) is 2.55. The van der Waals surface area contributed by atoms with Crippen molar-refractivity contribution in [1.29, 1.82) is 0 Å². The second-order valence-corrected chi connectivity index (χ2v) is 3.25. The maximum absolute atomic E-state index is 11.0. The Hall–Kier alpha value is -1.29. The van der Waals surface area contributed by atoms with Gasteiger partial charge in [0.05, 0.1) is 19.1 Å². The number of hydrogen-bond donors (Lipinski definition) is 2. The van der Waals surface area contributed by atoms with Gasteiger partial charge >= 0.3 is 5.97 Å². The predicted octanol–water partition coefficient (Wildman–Crippen LogP) is 0.752. The molecular weight excluding hydrogens is 168 g/mol. The Bertz CT molecular complexity index is 278. The molecule has 1 heterocycles. The van der Waals surface area contributed by atoms with Crippen LogP contribution in [0.1, 0.15) is 19.0 Å². The van der Waals surface area contributed by atoms with Gasteiger partial charge < -0.3 is 15.5 Å². The Labute approximate surface area is 77.1 Å². The van der Waals surface area contributed by atoms with Crippen LogP contribution in [0.4, 0.5) is 0 Å². The van der Waals surface area contributed by atoms with Gasteiger partial charge in [-0.2, -0.15) is 0 Å². The lowest BCUT2D eigenvalue weighted by atomic mass is 9.95. The van der Waals surface area contributed by atoms with Crippen LogP contribution in [-0.2, 0) is 15.1 Å². The lowest BCUT2D eigenvalue weighted by Crippen LogP contribution is -2.36. The molecule has 3 N–H and O–H groups in total. The fraction of sp³-hybridized carbons (Fsp3) is 0.444. The molecule has 4 nitrogen and oxygen atoms in total. The lowest BCUT2D eigenvalue weighted by molar-refractivity contribution is -0.142. The van der Waals surface area contributed by atoms with E-state index in [-0.39, 0.29) is 12.4 Å². The van der Waals surface area contributed by atoms with Gasteiger partial charge in [-0.3, -0.25) is 4.79 Å². The van der Waals surface area contributed by atoms with Crippen LogP contribution in [0.15, 0.2) is 18.3 Å². The molecular formula is C9H14N2O2. The Morgan fingerprint density at radius 1 is 1.77 bits per heavy atom. The van der Waals surface area contributed by atoms with Gasteiger partial charge in [0.15, 0.2) is 0 Å². The van der Waals surface area contributed by atoms with Crippen LogP contribution in [0, 0.1) is 0 Å². The summed E-state index contributed by atoms with van der Waals surface area (Å²) >= 11 is 0. The summed E-state index contributed by atoms with van der Waals surface area (Å²) in [6.07, 6.45) is 1.95. The van der Waals surface area contributed by atoms with E-state index >= 15 is 0 Å². The predicted molar refractivity (Wildman–Crippen MR) is 49.0 cm³/mol. The van der Waals surface area contributed by atoms with E-state index in [9.17, 15) is 4.79 Å². The quantitative estimate of drug-likeness (QED) is 0.678. The van der Waals surface area contributed by atoms with Gasteiger partial charge in [-0.15, -0.1) is 0 Å². The van der Waals surface area contributed by atoms with Crippen LogP contribution in [0.3, 0.4) is 0 Å². The van der Waals surface area contributed by atoms with Crippen molar-refractivity contribution in [1.82, 2.24) is 4.98 Å². The summed E-state index contributed by atoms with van der Waals surface area (Å²) in [7, 11) is 1.35. The van der Waals surface area contributed by atoms with E-state index in [0.29, 0.717) is 0 Å². The topological polar surface area (TPSA) is 68.1 Å². The number of ether oxygens (including phenoxy) is 1. The summed E-state index contributed by atoms with van der Waals surface area (Å²) in [5, 5.41) is 0. The van der Waals surface area contributed by atoms with Gasteiger partial charge in [-0.1, -0.05) is 0 Å². The lowest BCUT2D eigenvalue weighted by Gasteiger charge is -2.21. The summed E-state index contributed by atoms with van der Waals surface area (Å²) in [6.45, 7) is 1.79. The minimum atomic E-state index is -0.684. The number of rotatable bonds is 3. The molecule has 72 valence electrons. The van der Waals surface area contributed by atoms with E-state index in [0.717, 1.165) is 5.69 Å². The van der Waals surface area contributed by atoms with E-state index in [2.05, 4.69) is 9.72 Å². The first kappa shape index (κ1) is 9.80. The third-order valence-corrected chi connectivity index (χ3v) is 1.95. The normalized spacial score (nSPS) is 15.0. The van der Waals surface area contributed by atoms with Crippen LogP contribution in [-0.4, -0.2) is 18.1 Å². The number of carbonyl (C=O) groups excluding carboxylic acids is 1. The largest absolute Gasteiger partial charge is 0.469 e. The van der Waals surface area contributed by atoms with Gasteiger partial charge in [-0.25, -0.2) is 0 Å². The number of nitrogens with one attached hydrogen (secondary N) is 1. The molecule has 0 aliphatic heterocycles. The zero-order valence-electron chi connectivity index (χ0n) is 7.83. The number of esters is 1. The number of hydrogen-bond acceptors (Lipinski definition) is 3. The maximum Gasteiger partial charge on any atom is 0.307 e. The van der Waals surface area contributed by atoms with Gasteiger partial charge in [0, 0.05) is 11.9 Å². The van der Waals surface area contributed by atoms with Crippen LogP contribution in [0.25, 0.3) is 0 Å². The van der Waals surface area contributed by atoms with E-state index in [1.54, 1.807) is 13.1 Å². The third kappa shape index (κ3) is 2.32. The molecule has 13 heavy (non-hydrogen) atoms. The van der Waals surface area contributed by atoms with Gasteiger partial charge in [-0.05, 0) is 19.1 Å². The number of nitrogens with two attached hydrogens (primary N) is 1. The first-order valence-electron chi connectivity index (χ1n) is 4.06. The van der Waals surface area contributed by atoms with Crippen LogP contribution in [0.5, 0.6) is 0 Å². The molecule has 4 heteroatoms. The highest BCUT2D eigenvalue weighted by Gasteiger charge is 2.25. The Morgan fingerprint density at radius 3 is 2.92 bits per heavy atom. The molecule has 0 saturated heterocycles. The molecule has 0 aromatic carbocycles. The summed E-state index contributed by atoms with van der Waals surface area (Å²) in [6, 6.07) is 3.70. The highest BCUT2D eigenvalue weighted by Crippen LogP contribution is 2.19. The maximum atomic E-state index is 11.0. The van der Waals surface area contributed by atoms with E-state index < -0.39 is 5.54 Å². The summed E-state index contributed by atoms with van der Waals surface area (Å²) < 4.78 is 4.55. The van der Waals surface area contributed by atoms with Crippen LogP contribution in [0.2, 0.25) is 0 Å². The molecule has 0 aliphatic rings. The van der Waals surface area contributed by atoms with Crippen molar-refractivity contribution in [3.8, 4) is 0 Å². The van der Waals surface area contributed by atoms with Crippen molar-refractivity contribution in [3.05, 3.63) is 24.0 Å². The number of H-pyrrole nitrogens is 1. The molecule has 0 saturated carbocycles. The number of methoxy groups -OCH3 is 1. The standard InChI is InChI=1S/C9H14N2O2/c1-9(10,6-8(12)13-2)7-4-3-5-11-7/h3-5,11H,6,10H2,1-2H3/t9-/m0/s1. The minimum Gasteiger partial charge on any atom is -0.469 e. The van der Waals surface area contributed by atoms with Crippen molar-refractivity contribution in [2.45, 2.75) is 18.9 Å². The smallest absolute Gasteiger partial charge is 0.307 e. The fourth-order valence-electron chi connectivity index (χ4n) is 1.15. The zero-order valence-corrected chi connectivity index (χ0v) is 7.83. The molecule has 0 fully saturated rings. The highest BCUT2D eigenvalue weighted by atomic mass is 16.5. The highest BCUT2D eigenvalue weighted by molar-refractivity contribution is 5.70. The molecule has 1 aromatic rings. The summed E-state index contributed by atoms with van der Waals surface area (Å²) in [4.78, 5) is 14.0. The third-order valence-electron chi connectivity index (χ3n) is 1.95. The molecule has 0 radical (unpaired) electrons. The molecule has 0 aliphatic carbocycles. The molecule has 0 bridgehead atoms. The Morgan fingerprint density at radius 2 is 2.46 bits per heavy atom. The van der Waals surface area contributed by atoms with Crippen molar-refractivity contribution < 1.29 is 9.53 Å². The van der Waals surface area contributed by atoms with Crippen molar-refractivity contribution in [2.75, 3.05) is 7.11 Å². The summed E-state index contributed by atoms with van der Waals surface area (Å²) in [5.74, 6) is -0.306. The van der Waals surface area contributed by atoms with Gasteiger partial charge in [0.25, 0.3) is 0 Å². The molecule has 1 aromatic heterocycles. The van der Waals surface area contributed by atoms with Crippen LogP contribution >= 0.6 is 0 Å². The minimum absolute atomic E-state index is 0.171. The van der Waals surface area contributed by atoms with Crippen molar-refractivity contribution in [3.63, 3.8) is 0 Å². The number of carbonyl (C=O) groups is 1. The van der Waals surface area contributed by atoms with Gasteiger partial charge in [0.2, 0.25) is 0 Å². The molecule has 0 amide bonds. The zero-order chi connectivity index (χ0) is 9.90. The molecule has 1 rings (SSSR count). The van der Waals surface area contributed by atoms with Crippen LogP contribution < -0.4 is 5.73 Å². The van der Waals surface area contributed by atoms with Crippen molar-refractivity contribution in [2.24, 2.45) is 5.73 Å². The van der Waals surface area contributed by atoms with Crippen molar-refractivity contribution >= 4 is 5.97 Å². The molecule has 1 atom stereocenters. The monoisotopic (exact) mass is 182 g/mol. The van der Waals surface area contributed by atoms with Gasteiger partial charge in [0.1, 0.15) is 0 Å². The molecule has 0 unspecified atom stereocenters. The average molecular weight is 182 g/mol. The Kier molecular flexibility index (Phi) is 2.72. The summed E-state index contributed by atoms with van der Waals surface area (Å²) in [5.41, 5.74) is 6.07.